The van der Waals surface area contributed by atoms with Crippen LogP contribution in [0.2, 0.25) is 0 Å². The minimum absolute atomic E-state index is 0.0117. The van der Waals surface area contributed by atoms with Crippen LogP contribution in [0.5, 0.6) is 11.5 Å². The van der Waals surface area contributed by atoms with Crippen LogP contribution in [-0.2, 0) is 25.5 Å². The standard InChI is InChI=1S/C24H31N2O8PS/c1-24(2,13-6-14-25)17-26(36(30,31)21-11-12-22-23(15-21)33-18-32-22)16-20(34-35(27,28)29)10-9-19-7-4-3-5-8-19/h3-5,7-8,11-12,15,20H,6,9-10,13,16-18H2,1-2H3,(H2,27,28,29)/t20-/m1/s1. The molecule has 2 aromatic carbocycles. The highest BCUT2D eigenvalue weighted by molar-refractivity contribution is 7.89. The van der Waals surface area contributed by atoms with E-state index >= 15 is 0 Å². The highest BCUT2D eigenvalue weighted by atomic mass is 32.2. The van der Waals surface area contributed by atoms with E-state index in [9.17, 15) is 22.8 Å². The fraction of sp³-hybridized carbons (Fsp3) is 0.458. The Morgan fingerprint density at radius 3 is 2.53 bits per heavy atom. The number of aryl methyl sites for hydroxylation is 1. The molecular formula is C24H31N2O8PS. The Morgan fingerprint density at radius 1 is 1.17 bits per heavy atom. The maximum Gasteiger partial charge on any atom is 0.469 e. The molecule has 1 atom stereocenters. The minimum atomic E-state index is -4.90. The van der Waals surface area contributed by atoms with Gasteiger partial charge in [0.15, 0.2) is 11.5 Å². The number of fused-ring (bicyclic) bond motifs is 1. The van der Waals surface area contributed by atoms with Gasteiger partial charge in [-0.15, -0.1) is 0 Å². The number of hydrogen-bond acceptors (Lipinski definition) is 7. The summed E-state index contributed by atoms with van der Waals surface area (Å²) in [6, 6.07) is 15.7. The number of hydrogen-bond donors (Lipinski definition) is 2. The van der Waals surface area contributed by atoms with Crippen LogP contribution < -0.4 is 9.47 Å². The summed E-state index contributed by atoms with van der Waals surface area (Å²) < 4.78 is 56.1. The quantitative estimate of drug-likeness (QED) is 0.363. The summed E-state index contributed by atoms with van der Waals surface area (Å²) in [6.45, 7) is 3.40. The van der Waals surface area contributed by atoms with E-state index in [1.165, 1.54) is 22.5 Å². The predicted molar refractivity (Wildman–Crippen MR) is 132 cm³/mol. The fourth-order valence-electron chi connectivity index (χ4n) is 3.96. The number of nitrogens with zero attached hydrogens (tertiary/aromatic N) is 2. The van der Waals surface area contributed by atoms with Crippen molar-refractivity contribution in [1.29, 1.82) is 5.26 Å². The molecule has 12 heteroatoms. The van der Waals surface area contributed by atoms with E-state index in [1.54, 1.807) is 0 Å². The third kappa shape index (κ3) is 8.03. The largest absolute Gasteiger partial charge is 0.469 e. The lowest BCUT2D eigenvalue weighted by molar-refractivity contribution is 0.101. The molecule has 0 fully saturated rings. The molecule has 0 aliphatic carbocycles. The lowest BCUT2D eigenvalue weighted by Crippen LogP contribution is -2.43. The summed E-state index contributed by atoms with van der Waals surface area (Å²) in [5, 5.41) is 9.03. The van der Waals surface area contributed by atoms with E-state index in [0.29, 0.717) is 24.3 Å². The number of phosphoric ester groups is 1. The molecule has 196 valence electrons. The van der Waals surface area contributed by atoms with Crippen LogP contribution >= 0.6 is 7.82 Å². The highest BCUT2D eigenvalue weighted by Gasteiger charge is 2.35. The molecule has 3 rings (SSSR count). The number of ether oxygens (including phenoxy) is 2. The Morgan fingerprint density at radius 2 is 1.86 bits per heavy atom. The van der Waals surface area contributed by atoms with Gasteiger partial charge in [0.2, 0.25) is 16.8 Å². The van der Waals surface area contributed by atoms with Crippen molar-refractivity contribution < 1.29 is 36.8 Å². The molecule has 0 bridgehead atoms. The summed E-state index contributed by atoms with van der Waals surface area (Å²) in [5.41, 5.74) is 0.335. The van der Waals surface area contributed by atoms with Gasteiger partial charge in [-0.25, -0.2) is 13.0 Å². The van der Waals surface area contributed by atoms with Crippen molar-refractivity contribution in [2.45, 2.75) is 50.5 Å². The zero-order valence-electron chi connectivity index (χ0n) is 20.2. The molecule has 0 unspecified atom stereocenters. The van der Waals surface area contributed by atoms with Gasteiger partial charge in [0, 0.05) is 25.6 Å². The Labute approximate surface area is 211 Å². The van der Waals surface area contributed by atoms with E-state index in [-0.39, 0.29) is 37.6 Å². The predicted octanol–water partition coefficient (Wildman–Crippen LogP) is 3.85. The molecule has 1 aliphatic rings. The molecule has 1 aliphatic heterocycles. The lowest BCUT2D eigenvalue weighted by atomic mass is 9.88. The highest BCUT2D eigenvalue weighted by Crippen LogP contribution is 2.40. The Kier molecular flexibility index (Phi) is 9.17. The van der Waals surface area contributed by atoms with Gasteiger partial charge in [-0.1, -0.05) is 44.2 Å². The molecule has 2 N–H and O–H groups in total. The molecular weight excluding hydrogens is 507 g/mol. The number of nitriles is 1. The monoisotopic (exact) mass is 538 g/mol. The molecule has 36 heavy (non-hydrogen) atoms. The van der Waals surface area contributed by atoms with E-state index in [0.717, 1.165) is 5.56 Å². The minimum Gasteiger partial charge on any atom is -0.454 e. The van der Waals surface area contributed by atoms with Crippen molar-refractivity contribution in [3.05, 3.63) is 54.1 Å². The summed E-state index contributed by atoms with van der Waals surface area (Å²) >= 11 is 0. The van der Waals surface area contributed by atoms with Crippen molar-refractivity contribution in [1.82, 2.24) is 4.31 Å². The average molecular weight is 539 g/mol. The smallest absolute Gasteiger partial charge is 0.454 e. The number of benzene rings is 2. The second kappa shape index (κ2) is 11.7. The summed E-state index contributed by atoms with van der Waals surface area (Å²) in [4.78, 5) is 19.0. The van der Waals surface area contributed by atoms with Crippen LogP contribution in [0.4, 0.5) is 0 Å². The van der Waals surface area contributed by atoms with E-state index in [4.69, 9.17) is 19.3 Å². The molecule has 0 radical (unpaired) electrons. The van der Waals surface area contributed by atoms with Gasteiger partial charge in [0.25, 0.3) is 0 Å². The SMILES string of the molecule is CC(C)(CCC#N)CN(C[C@@H](CCc1ccccc1)OP(=O)(O)O)S(=O)(=O)c1ccc2c(c1)OCO2. The number of rotatable bonds is 13. The molecule has 10 nitrogen and oxygen atoms in total. The molecule has 1 heterocycles. The molecule has 0 aromatic heterocycles. The van der Waals surface area contributed by atoms with E-state index in [1.807, 2.05) is 44.2 Å². The first-order chi connectivity index (χ1) is 16.9. The van der Waals surface area contributed by atoms with Crippen LogP contribution in [0.1, 0.15) is 38.7 Å². The summed E-state index contributed by atoms with van der Waals surface area (Å²) in [7, 11) is -9.04. The van der Waals surface area contributed by atoms with Gasteiger partial charge >= 0.3 is 7.82 Å². The van der Waals surface area contributed by atoms with Gasteiger partial charge in [-0.2, -0.15) is 9.57 Å². The Balaban J connectivity index is 1.92. The molecule has 0 saturated carbocycles. The van der Waals surface area contributed by atoms with Crippen molar-refractivity contribution in [2.75, 3.05) is 19.9 Å². The molecule has 0 amide bonds. The molecule has 2 aromatic rings. The second-order valence-electron chi connectivity index (χ2n) is 9.38. The zero-order valence-corrected chi connectivity index (χ0v) is 22.0. The van der Waals surface area contributed by atoms with Crippen LogP contribution in [0.15, 0.2) is 53.4 Å². The van der Waals surface area contributed by atoms with Crippen molar-refractivity contribution in [3.8, 4) is 17.6 Å². The fourth-order valence-corrected chi connectivity index (χ4v) is 6.19. The summed E-state index contributed by atoms with van der Waals surface area (Å²) in [6.07, 6.45) is 0.204. The van der Waals surface area contributed by atoms with Gasteiger partial charge in [0.05, 0.1) is 17.1 Å². The second-order valence-corrected chi connectivity index (χ2v) is 12.5. The van der Waals surface area contributed by atoms with Crippen molar-refractivity contribution in [3.63, 3.8) is 0 Å². The number of phosphoric acid groups is 1. The van der Waals surface area contributed by atoms with Crippen LogP contribution in [0.3, 0.4) is 0 Å². The van der Waals surface area contributed by atoms with Gasteiger partial charge < -0.3 is 19.3 Å². The zero-order chi connectivity index (χ0) is 26.4. The Hall–Kier alpha value is -2.45. The Bertz CT molecular complexity index is 1220. The topological polar surface area (TPSA) is 146 Å². The first-order valence-electron chi connectivity index (χ1n) is 11.4. The molecule has 0 spiro atoms. The van der Waals surface area contributed by atoms with Crippen molar-refractivity contribution >= 4 is 17.8 Å². The maximum absolute atomic E-state index is 13.8. The summed E-state index contributed by atoms with van der Waals surface area (Å²) in [5.74, 6) is 0.729. The number of sulfonamides is 1. The van der Waals surface area contributed by atoms with Crippen LogP contribution in [-0.4, -0.2) is 48.5 Å². The van der Waals surface area contributed by atoms with Crippen molar-refractivity contribution in [2.24, 2.45) is 5.41 Å². The third-order valence-corrected chi connectivity index (χ3v) is 8.17. The van der Waals surface area contributed by atoms with Gasteiger partial charge in [-0.05, 0) is 42.4 Å². The third-order valence-electron chi connectivity index (χ3n) is 5.79. The van der Waals surface area contributed by atoms with Crippen LogP contribution in [0.25, 0.3) is 0 Å². The van der Waals surface area contributed by atoms with Crippen LogP contribution in [0, 0.1) is 16.7 Å². The first kappa shape index (κ1) is 28.1. The first-order valence-corrected chi connectivity index (χ1v) is 14.4. The normalized spacial score (nSPS) is 14.6. The van der Waals surface area contributed by atoms with E-state index < -0.39 is 29.4 Å². The lowest BCUT2D eigenvalue weighted by Gasteiger charge is -2.34. The van der Waals surface area contributed by atoms with Gasteiger partial charge in [0.1, 0.15) is 0 Å². The average Bonchev–Trinajstić information content (AvgIpc) is 3.28. The van der Waals surface area contributed by atoms with E-state index in [2.05, 4.69) is 6.07 Å². The maximum atomic E-state index is 13.8. The van der Waals surface area contributed by atoms with Gasteiger partial charge in [-0.3, -0.25) is 4.52 Å². The molecule has 0 saturated heterocycles.